The summed E-state index contributed by atoms with van der Waals surface area (Å²) in [4.78, 5) is 51.3. The third kappa shape index (κ3) is 5.89. The summed E-state index contributed by atoms with van der Waals surface area (Å²) in [6.45, 7) is 3.33. The zero-order valence-electron chi connectivity index (χ0n) is 20.9. The van der Waals surface area contributed by atoms with Crippen molar-refractivity contribution in [1.29, 1.82) is 0 Å². The minimum absolute atomic E-state index is 0.0621. The number of hydrogen-bond donors (Lipinski definition) is 2. The Morgan fingerprint density at radius 2 is 1.57 bits per heavy atom. The normalized spacial score (nSPS) is 10.3. The molecule has 0 atom stereocenters. The number of anilines is 2. The van der Waals surface area contributed by atoms with Crippen molar-refractivity contribution in [2.75, 3.05) is 38.6 Å². The van der Waals surface area contributed by atoms with Crippen molar-refractivity contribution in [1.82, 2.24) is 0 Å². The molecule has 11 heteroatoms. The molecule has 0 unspecified atom stereocenters. The number of thiophene rings is 1. The lowest BCUT2D eigenvalue weighted by molar-refractivity contribution is 0.0526. The van der Waals surface area contributed by atoms with E-state index in [0.29, 0.717) is 17.1 Å². The Hall–Kier alpha value is -4.38. The number of carbonyl (C=O) groups is 4. The average Bonchev–Trinajstić information content (AvgIpc) is 3.23. The molecule has 194 valence electrons. The molecule has 3 rings (SSSR count). The number of ether oxygens (including phenoxy) is 4. The molecule has 0 saturated carbocycles. The Morgan fingerprint density at radius 3 is 2.22 bits per heavy atom. The van der Waals surface area contributed by atoms with Crippen LogP contribution in [0.25, 0.3) is 0 Å². The summed E-state index contributed by atoms with van der Waals surface area (Å²) in [6.07, 6.45) is 0. The highest BCUT2D eigenvalue weighted by Crippen LogP contribution is 2.35. The molecule has 2 aromatic carbocycles. The second kappa shape index (κ2) is 12.0. The summed E-state index contributed by atoms with van der Waals surface area (Å²) in [5.74, 6) is -1.61. The van der Waals surface area contributed by atoms with E-state index in [1.54, 1.807) is 44.2 Å². The van der Waals surface area contributed by atoms with Gasteiger partial charge in [-0.05, 0) is 49.7 Å². The third-order valence-corrected chi connectivity index (χ3v) is 6.49. The SMILES string of the molecule is CCOC(=O)c1c(NC(=O)c2ccc(OC)c(OC)c2)sc(C(=O)Nc2ccccc2C(=O)OC)c1C. The van der Waals surface area contributed by atoms with Gasteiger partial charge >= 0.3 is 11.9 Å². The molecule has 0 fully saturated rings. The van der Waals surface area contributed by atoms with E-state index in [2.05, 4.69) is 10.6 Å². The topological polar surface area (TPSA) is 129 Å². The maximum absolute atomic E-state index is 13.2. The molecule has 0 aliphatic rings. The van der Waals surface area contributed by atoms with Crippen molar-refractivity contribution < 1.29 is 38.1 Å². The van der Waals surface area contributed by atoms with Crippen LogP contribution in [-0.4, -0.2) is 51.7 Å². The summed E-state index contributed by atoms with van der Waals surface area (Å²) < 4.78 is 20.4. The zero-order chi connectivity index (χ0) is 27.1. The zero-order valence-corrected chi connectivity index (χ0v) is 21.7. The standard InChI is InChI=1S/C26H26N2O8S/c1-6-36-26(32)20-14(2)21(23(30)27-17-10-8-7-9-16(17)25(31)35-5)37-24(20)28-22(29)15-11-12-18(33-3)19(13-15)34-4/h7-13H,6H2,1-5H3,(H,27,30)(H,28,29). The van der Waals surface area contributed by atoms with Crippen molar-refractivity contribution >= 4 is 45.8 Å². The maximum Gasteiger partial charge on any atom is 0.341 e. The number of rotatable bonds is 9. The van der Waals surface area contributed by atoms with Crippen molar-refractivity contribution in [2.24, 2.45) is 0 Å². The van der Waals surface area contributed by atoms with Crippen LogP contribution in [0.2, 0.25) is 0 Å². The Kier molecular flexibility index (Phi) is 8.86. The van der Waals surface area contributed by atoms with Crippen molar-refractivity contribution in [3.8, 4) is 11.5 Å². The molecule has 0 saturated heterocycles. The van der Waals surface area contributed by atoms with E-state index in [1.165, 1.54) is 33.5 Å². The second-order valence-electron chi connectivity index (χ2n) is 7.50. The van der Waals surface area contributed by atoms with Crippen molar-refractivity contribution in [2.45, 2.75) is 13.8 Å². The number of esters is 2. The van der Waals surface area contributed by atoms with Crippen LogP contribution in [0.5, 0.6) is 11.5 Å². The van der Waals surface area contributed by atoms with E-state index < -0.39 is 23.8 Å². The van der Waals surface area contributed by atoms with E-state index >= 15 is 0 Å². The summed E-state index contributed by atoms with van der Waals surface area (Å²) in [5, 5.41) is 5.53. The Morgan fingerprint density at radius 1 is 0.865 bits per heavy atom. The van der Waals surface area contributed by atoms with Gasteiger partial charge in [0.1, 0.15) is 5.00 Å². The third-order valence-electron chi connectivity index (χ3n) is 5.29. The Bertz CT molecular complexity index is 1350. The molecule has 1 aromatic heterocycles. The molecule has 0 aliphatic heterocycles. The number of hydrogen-bond acceptors (Lipinski definition) is 9. The highest BCUT2D eigenvalue weighted by molar-refractivity contribution is 7.19. The number of carbonyl (C=O) groups excluding carboxylic acids is 4. The Labute approximate surface area is 217 Å². The smallest absolute Gasteiger partial charge is 0.341 e. The van der Waals surface area contributed by atoms with Crippen LogP contribution in [0, 0.1) is 6.92 Å². The second-order valence-corrected chi connectivity index (χ2v) is 8.52. The van der Waals surface area contributed by atoms with Crippen LogP contribution >= 0.6 is 11.3 Å². The summed E-state index contributed by atoms with van der Waals surface area (Å²) >= 11 is 0.911. The first kappa shape index (κ1) is 27.2. The van der Waals surface area contributed by atoms with Crippen molar-refractivity contribution in [3.63, 3.8) is 0 Å². The maximum atomic E-state index is 13.2. The quantitative estimate of drug-likeness (QED) is 0.389. The van der Waals surface area contributed by atoms with Gasteiger partial charge in [0.25, 0.3) is 11.8 Å². The van der Waals surface area contributed by atoms with Crippen LogP contribution < -0.4 is 20.1 Å². The molecule has 37 heavy (non-hydrogen) atoms. The van der Waals surface area contributed by atoms with Gasteiger partial charge in [-0.3, -0.25) is 9.59 Å². The Balaban J connectivity index is 1.97. The number of para-hydroxylation sites is 1. The minimum Gasteiger partial charge on any atom is -0.493 e. The van der Waals surface area contributed by atoms with Crippen LogP contribution in [0.4, 0.5) is 10.7 Å². The van der Waals surface area contributed by atoms with E-state index in [1.807, 2.05) is 0 Å². The molecule has 0 aliphatic carbocycles. The lowest BCUT2D eigenvalue weighted by Crippen LogP contribution is -2.16. The van der Waals surface area contributed by atoms with E-state index in [0.717, 1.165) is 11.3 Å². The van der Waals surface area contributed by atoms with Gasteiger partial charge in [0.05, 0.1) is 49.6 Å². The molecule has 0 radical (unpaired) electrons. The molecular formula is C26H26N2O8S. The van der Waals surface area contributed by atoms with E-state index in [9.17, 15) is 19.2 Å². The largest absolute Gasteiger partial charge is 0.493 e. The van der Waals surface area contributed by atoms with Crippen molar-refractivity contribution in [3.05, 3.63) is 69.6 Å². The molecule has 1 heterocycles. The number of benzene rings is 2. The lowest BCUT2D eigenvalue weighted by Gasteiger charge is -2.10. The van der Waals surface area contributed by atoms with Crippen LogP contribution in [0.1, 0.15) is 53.2 Å². The summed E-state index contributed by atoms with van der Waals surface area (Å²) in [7, 11) is 4.17. The fourth-order valence-corrected chi connectivity index (χ4v) is 4.56. The van der Waals surface area contributed by atoms with Gasteiger partial charge in [0.15, 0.2) is 11.5 Å². The fourth-order valence-electron chi connectivity index (χ4n) is 3.48. The van der Waals surface area contributed by atoms with Crippen LogP contribution in [0.3, 0.4) is 0 Å². The van der Waals surface area contributed by atoms with Gasteiger partial charge < -0.3 is 29.6 Å². The van der Waals surface area contributed by atoms with Gasteiger partial charge in [-0.15, -0.1) is 11.3 Å². The van der Waals surface area contributed by atoms with Gasteiger partial charge in [0, 0.05) is 5.56 Å². The molecule has 2 N–H and O–H groups in total. The van der Waals surface area contributed by atoms with E-state index in [4.69, 9.17) is 18.9 Å². The molecule has 2 amide bonds. The van der Waals surface area contributed by atoms with Gasteiger partial charge in [0.2, 0.25) is 0 Å². The minimum atomic E-state index is -0.687. The first-order valence-corrected chi connectivity index (χ1v) is 11.9. The molecule has 3 aromatic rings. The highest BCUT2D eigenvalue weighted by Gasteiger charge is 2.28. The van der Waals surface area contributed by atoms with Gasteiger partial charge in [-0.1, -0.05) is 12.1 Å². The molecular weight excluding hydrogens is 500 g/mol. The number of methoxy groups -OCH3 is 3. The average molecular weight is 527 g/mol. The number of nitrogens with one attached hydrogen (secondary N) is 2. The molecule has 10 nitrogen and oxygen atoms in total. The summed E-state index contributed by atoms with van der Waals surface area (Å²) in [6, 6.07) is 11.0. The first-order valence-electron chi connectivity index (χ1n) is 11.1. The molecule has 0 spiro atoms. The molecule has 0 bridgehead atoms. The monoisotopic (exact) mass is 526 g/mol. The number of amides is 2. The van der Waals surface area contributed by atoms with Gasteiger partial charge in [-0.25, -0.2) is 9.59 Å². The fraction of sp³-hybridized carbons (Fsp3) is 0.231. The first-order chi connectivity index (χ1) is 17.7. The van der Waals surface area contributed by atoms with E-state index in [-0.39, 0.29) is 38.9 Å². The van der Waals surface area contributed by atoms with Crippen LogP contribution in [0.15, 0.2) is 42.5 Å². The highest BCUT2D eigenvalue weighted by atomic mass is 32.1. The predicted molar refractivity (Wildman–Crippen MR) is 138 cm³/mol. The van der Waals surface area contributed by atoms with Gasteiger partial charge in [-0.2, -0.15) is 0 Å². The summed E-state index contributed by atoms with van der Waals surface area (Å²) in [5.41, 5.74) is 1.03. The van der Waals surface area contributed by atoms with Crippen LogP contribution in [-0.2, 0) is 9.47 Å². The lowest BCUT2D eigenvalue weighted by atomic mass is 10.1. The predicted octanol–water partition coefficient (Wildman–Crippen LogP) is 4.54.